The second-order valence-corrected chi connectivity index (χ2v) is 6.63. The van der Waals surface area contributed by atoms with Crippen molar-refractivity contribution in [3.8, 4) is 0 Å². The summed E-state index contributed by atoms with van der Waals surface area (Å²) < 4.78 is 7.81. The molecule has 0 radical (unpaired) electrons. The van der Waals surface area contributed by atoms with E-state index in [1.54, 1.807) is 17.4 Å². The zero-order valence-corrected chi connectivity index (χ0v) is 15.1. The number of rotatable bonds is 6. The van der Waals surface area contributed by atoms with Crippen LogP contribution in [0.5, 0.6) is 0 Å². The van der Waals surface area contributed by atoms with E-state index in [1.165, 1.54) is 0 Å². The van der Waals surface area contributed by atoms with Gasteiger partial charge in [0.1, 0.15) is 17.6 Å². The van der Waals surface area contributed by atoms with Crippen LogP contribution in [0.25, 0.3) is 5.57 Å². The van der Waals surface area contributed by atoms with Gasteiger partial charge in [-0.1, -0.05) is 30.3 Å². The van der Waals surface area contributed by atoms with E-state index in [0.29, 0.717) is 17.9 Å². The highest BCUT2D eigenvalue weighted by atomic mass is 16.3. The van der Waals surface area contributed by atoms with Crippen molar-refractivity contribution in [2.75, 3.05) is 6.54 Å². The molecule has 2 aromatic heterocycles. The Morgan fingerprint density at radius 1 is 1.15 bits per heavy atom. The first-order valence-corrected chi connectivity index (χ1v) is 8.97. The predicted molar refractivity (Wildman–Crippen MR) is 101 cm³/mol. The van der Waals surface area contributed by atoms with Gasteiger partial charge in [-0.3, -0.25) is 4.79 Å². The van der Waals surface area contributed by atoms with E-state index in [1.807, 2.05) is 60.2 Å². The normalized spacial score (nSPS) is 17.1. The summed E-state index contributed by atoms with van der Waals surface area (Å²) in [6.07, 6.45) is 6.12. The van der Waals surface area contributed by atoms with Crippen molar-refractivity contribution in [3.05, 3.63) is 84.0 Å². The third-order valence-corrected chi connectivity index (χ3v) is 4.79. The van der Waals surface area contributed by atoms with Gasteiger partial charge in [-0.15, -0.1) is 0 Å². The van der Waals surface area contributed by atoms with Gasteiger partial charge in [-0.2, -0.15) is 0 Å². The molecule has 1 aromatic carbocycles. The third kappa shape index (κ3) is 3.26. The Kier molecular flexibility index (Phi) is 4.54. The first-order valence-electron chi connectivity index (χ1n) is 8.97. The molecule has 6 heteroatoms. The number of aliphatic hydroxyl groups excluding tert-OH is 1. The first kappa shape index (κ1) is 17.1. The second-order valence-electron chi connectivity index (χ2n) is 6.63. The van der Waals surface area contributed by atoms with Crippen LogP contribution >= 0.6 is 0 Å². The van der Waals surface area contributed by atoms with E-state index in [0.717, 1.165) is 24.3 Å². The van der Waals surface area contributed by atoms with Gasteiger partial charge in [0.2, 0.25) is 0 Å². The Labute approximate surface area is 157 Å². The molecule has 3 aromatic rings. The summed E-state index contributed by atoms with van der Waals surface area (Å²) in [7, 11) is 0. The Morgan fingerprint density at radius 2 is 1.96 bits per heavy atom. The number of aryl methyl sites for hydroxylation is 2. The van der Waals surface area contributed by atoms with Crippen LogP contribution in [0.1, 0.15) is 29.5 Å². The number of amides is 1. The maximum atomic E-state index is 12.8. The number of benzene rings is 1. The number of nitrogens with zero attached hydrogens (tertiary/aromatic N) is 3. The lowest BCUT2D eigenvalue weighted by Crippen LogP contribution is -2.31. The van der Waals surface area contributed by atoms with Gasteiger partial charge in [-0.25, -0.2) is 4.98 Å². The standard InChI is InChI=1S/C21H21N3O3/c1-15-8-9-17(27-15)19-18(16-6-3-2-4-7-16)20(25)21(26)24(19)12-5-11-23-13-10-22-14-23/h2-4,6-10,13-14,19,25H,5,11-12H2,1H3. The average Bonchev–Trinajstić information content (AvgIpc) is 3.39. The van der Waals surface area contributed by atoms with Crippen molar-refractivity contribution in [2.45, 2.75) is 25.9 Å². The van der Waals surface area contributed by atoms with Gasteiger partial charge in [0, 0.05) is 31.1 Å². The monoisotopic (exact) mass is 363 g/mol. The SMILES string of the molecule is Cc1ccc(C2C(c3ccccc3)=C(O)C(=O)N2CCCn2ccnc2)o1. The summed E-state index contributed by atoms with van der Waals surface area (Å²) in [5.41, 5.74) is 1.41. The fourth-order valence-electron chi connectivity index (χ4n) is 3.54. The van der Waals surface area contributed by atoms with Gasteiger partial charge in [-0.05, 0) is 31.0 Å². The molecule has 0 saturated carbocycles. The van der Waals surface area contributed by atoms with E-state index in [-0.39, 0.29) is 11.7 Å². The number of carbonyl (C=O) groups excluding carboxylic acids is 1. The van der Waals surface area contributed by atoms with Crippen LogP contribution in [0.2, 0.25) is 0 Å². The molecule has 3 heterocycles. The summed E-state index contributed by atoms with van der Waals surface area (Å²) in [4.78, 5) is 18.6. The molecule has 1 atom stereocenters. The van der Waals surface area contributed by atoms with E-state index in [4.69, 9.17) is 4.42 Å². The number of carbonyl (C=O) groups is 1. The van der Waals surface area contributed by atoms with E-state index in [2.05, 4.69) is 4.98 Å². The smallest absolute Gasteiger partial charge is 0.289 e. The van der Waals surface area contributed by atoms with Crippen LogP contribution in [0.3, 0.4) is 0 Å². The summed E-state index contributed by atoms with van der Waals surface area (Å²) in [6, 6.07) is 12.8. The largest absolute Gasteiger partial charge is 0.503 e. The summed E-state index contributed by atoms with van der Waals surface area (Å²) in [5, 5.41) is 10.6. The molecule has 0 bridgehead atoms. The molecule has 138 valence electrons. The van der Waals surface area contributed by atoms with Crippen molar-refractivity contribution in [1.82, 2.24) is 14.5 Å². The molecule has 0 fully saturated rings. The summed E-state index contributed by atoms with van der Waals surface area (Å²) in [5.74, 6) is 0.863. The Bertz CT molecular complexity index is 958. The highest BCUT2D eigenvalue weighted by Crippen LogP contribution is 2.43. The summed E-state index contributed by atoms with van der Waals surface area (Å²) in [6.45, 7) is 3.12. The second kappa shape index (κ2) is 7.15. The maximum absolute atomic E-state index is 12.8. The highest BCUT2D eigenvalue weighted by Gasteiger charge is 2.42. The van der Waals surface area contributed by atoms with Crippen molar-refractivity contribution in [1.29, 1.82) is 0 Å². The molecule has 6 nitrogen and oxygen atoms in total. The Balaban J connectivity index is 1.65. The number of hydrogen-bond donors (Lipinski definition) is 1. The number of aliphatic hydroxyl groups is 1. The van der Waals surface area contributed by atoms with Gasteiger partial charge in [0.15, 0.2) is 5.76 Å². The first-order chi connectivity index (χ1) is 13.1. The molecule has 1 aliphatic heterocycles. The molecule has 0 aliphatic carbocycles. The lowest BCUT2D eigenvalue weighted by Gasteiger charge is -2.25. The molecule has 0 spiro atoms. The lowest BCUT2D eigenvalue weighted by molar-refractivity contribution is -0.129. The van der Waals surface area contributed by atoms with E-state index >= 15 is 0 Å². The highest BCUT2D eigenvalue weighted by molar-refractivity contribution is 6.05. The Morgan fingerprint density at radius 3 is 2.63 bits per heavy atom. The van der Waals surface area contributed by atoms with Gasteiger partial charge < -0.3 is 19.0 Å². The van der Waals surface area contributed by atoms with Crippen molar-refractivity contribution < 1.29 is 14.3 Å². The van der Waals surface area contributed by atoms with Crippen LogP contribution in [0.4, 0.5) is 0 Å². The van der Waals surface area contributed by atoms with Crippen LogP contribution in [-0.2, 0) is 11.3 Å². The molecule has 1 aliphatic rings. The molecule has 1 amide bonds. The van der Waals surface area contributed by atoms with Gasteiger partial charge in [0.05, 0.1) is 6.33 Å². The average molecular weight is 363 g/mol. The van der Waals surface area contributed by atoms with Gasteiger partial charge >= 0.3 is 0 Å². The zero-order chi connectivity index (χ0) is 18.8. The predicted octanol–water partition coefficient (Wildman–Crippen LogP) is 3.73. The fourth-order valence-corrected chi connectivity index (χ4v) is 3.54. The number of imidazole rings is 1. The molecule has 4 rings (SSSR count). The fraction of sp³-hybridized carbons (Fsp3) is 0.238. The molecule has 27 heavy (non-hydrogen) atoms. The third-order valence-electron chi connectivity index (χ3n) is 4.79. The molecule has 0 saturated heterocycles. The van der Waals surface area contributed by atoms with Crippen LogP contribution in [0, 0.1) is 6.92 Å². The van der Waals surface area contributed by atoms with Crippen molar-refractivity contribution in [2.24, 2.45) is 0 Å². The maximum Gasteiger partial charge on any atom is 0.289 e. The van der Waals surface area contributed by atoms with Crippen LogP contribution in [-0.4, -0.2) is 32.0 Å². The number of hydrogen-bond acceptors (Lipinski definition) is 4. The van der Waals surface area contributed by atoms with Crippen molar-refractivity contribution >= 4 is 11.5 Å². The van der Waals surface area contributed by atoms with E-state index < -0.39 is 6.04 Å². The molecule has 1 N–H and O–H groups in total. The van der Waals surface area contributed by atoms with Gasteiger partial charge in [0.25, 0.3) is 5.91 Å². The zero-order valence-electron chi connectivity index (χ0n) is 15.1. The lowest BCUT2D eigenvalue weighted by atomic mass is 9.97. The molecule has 1 unspecified atom stereocenters. The van der Waals surface area contributed by atoms with E-state index in [9.17, 15) is 9.90 Å². The minimum atomic E-state index is -0.434. The minimum absolute atomic E-state index is 0.206. The number of furan rings is 1. The minimum Gasteiger partial charge on any atom is -0.503 e. The number of aromatic nitrogens is 2. The Hall–Kier alpha value is -3.28. The van der Waals surface area contributed by atoms with Crippen LogP contribution < -0.4 is 0 Å². The quantitative estimate of drug-likeness (QED) is 0.724. The topological polar surface area (TPSA) is 71.5 Å². The summed E-state index contributed by atoms with van der Waals surface area (Å²) >= 11 is 0. The molecular weight excluding hydrogens is 342 g/mol. The van der Waals surface area contributed by atoms with Crippen LogP contribution in [0.15, 0.2) is 71.4 Å². The molecular formula is C21H21N3O3. The van der Waals surface area contributed by atoms with Crippen molar-refractivity contribution in [3.63, 3.8) is 0 Å².